The summed E-state index contributed by atoms with van der Waals surface area (Å²) in [5.41, 5.74) is 7.05. The Labute approximate surface area is 123 Å². The van der Waals surface area contributed by atoms with Gasteiger partial charge in [-0.05, 0) is 25.0 Å². The molecule has 21 heavy (non-hydrogen) atoms. The van der Waals surface area contributed by atoms with Crippen LogP contribution in [0.4, 0.5) is 0 Å². The lowest BCUT2D eigenvalue weighted by atomic mass is 10.0. The van der Waals surface area contributed by atoms with Crippen LogP contribution in [-0.2, 0) is 9.53 Å². The first-order chi connectivity index (χ1) is 9.90. The summed E-state index contributed by atoms with van der Waals surface area (Å²) in [5.74, 6) is -1.07. The van der Waals surface area contributed by atoms with Crippen LogP contribution in [0.2, 0.25) is 0 Å². The number of rotatable bonds is 4. The summed E-state index contributed by atoms with van der Waals surface area (Å²) >= 11 is 0. The summed E-state index contributed by atoms with van der Waals surface area (Å²) in [6.45, 7) is 5.45. The van der Waals surface area contributed by atoms with Crippen LogP contribution in [0.3, 0.4) is 0 Å². The Balaban J connectivity index is 2.50. The number of ether oxygens (including phenoxy) is 1. The highest BCUT2D eigenvalue weighted by Crippen LogP contribution is 2.23. The molecule has 5 heteroatoms. The minimum atomic E-state index is -0.966. The molecule has 2 N–H and O–H groups in total. The number of benzene rings is 1. The molecule has 110 valence electrons. The molecule has 0 saturated carbocycles. The molecule has 1 atom stereocenters. The number of nitrogens with zero attached hydrogens (tertiary/aromatic N) is 1. The van der Waals surface area contributed by atoms with Crippen LogP contribution < -0.4 is 5.73 Å². The summed E-state index contributed by atoms with van der Waals surface area (Å²) in [4.78, 5) is 27.9. The van der Waals surface area contributed by atoms with Crippen LogP contribution in [-0.4, -0.2) is 23.0 Å². The van der Waals surface area contributed by atoms with E-state index in [2.05, 4.69) is 4.98 Å². The van der Waals surface area contributed by atoms with Gasteiger partial charge in [-0.3, -0.25) is 9.78 Å². The molecular formula is C16H18N2O3. The van der Waals surface area contributed by atoms with Gasteiger partial charge in [-0.25, -0.2) is 4.79 Å². The molecule has 1 aromatic carbocycles. The third kappa shape index (κ3) is 3.18. The van der Waals surface area contributed by atoms with E-state index in [1.54, 1.807) is 12.1 Å². The largest absolute Gasteiger partial charge is 0.449 e. The molecule has 0 unspecified atom stereocenters. The minimum Gasteiger partial charge on any atom is -0.449 e. The van der Waals surface area contributed by atoms with Gasteiger partial charge < -0.3 is 10.5 Å². The fraction of sp³-hybridized carbons (Fsp3) is 0.312. The molecule has 1 aromatic heterocycles. The molecule has 0 radical (unpaired) electrons. The number of hydrogen-bond donors (Lipinski definition) is 1. The molecule has 5 nitrogen and oxygen atoms in total. The maximum absolute atomic E-state index is 12.3. The van der Waals surface area contributed by atoms with Gasteiger partial charge in [0.1, 0.15) is 0 Å². The van der Waals surface area contributed by atoms with Crippen LogP contribution >= 0.6 is 0 Å². The number of nitrogens with two attached hydrogens (primary N) is 1. The molecule has 0 bridgehead atoms. The lowest BCUT2D eigenvalue weighted by Gasteiger charge is -2.13. The fourth-order valence-electron chi connectivity index (χ4n) is 1.94. The maximum atomic E-state index is 12.3. The quantitative estimate of drug-likeness (QED) is 0.875. The number of fused-ring (bicyclic) bond motifs is 1. The zero-order chi connectivity index (χ0) is 15.6. The zero-order valence-electron chi connectivity index (χ0n) is 12.3. The third-order valence-corrected chi connectivity index (χ3v) is 3.23. The average Bonchev–Trinajstić information content (AvgIpc) is 2.45. The molecule has 0 fully saturated rings. The second kappa shape index (κ2) is 5.91. The number of hydrogen-bond acceptors (Lipinski definition) is 4. The van der Waals surface area contributed by atoms with Gasteiger partial charge >= 0.3 is 5.97 Å². The summed E-state index contributed by atoms with van der Waals surface area (Å²) < 4.78 is 5.10. The van der Waals surface area contributed by atoms with Crippen molar-refractivity contribution < 1.29 is 14.3 Å². The first-order valence-electron chi connectivity index (χ1n) is 6.80. The highest BCUT2D eigenvalue weighted by Gasteiger charge is 2.20. The minimum absolute atomic E-state index is 0.176. The number of carbonyl (C=O) groups is 2. The van der Waals surface area contributed by atoms with Crippen molar-refractivity contribution >= 4 is 22.8 Å². The Kier molecular flexibility index (Phi) is 4.21. The van der Waals surface area contributed by atoms with Gasteiger partial charge in [0.2, 0.25) is 0 Å². The van der Waals surface area contributed by atoms with E-state index in [1.165, 1.54) is 6.92 Å². The van der Waals surface area contributed by atoms with Crippen molar-refractivity contribution in [1.29, 1.82) is 0 Å². The van der Waals surface area contributed by atoms with Crippen molar-refractivity contribution in [2.75, 3.05) is 0 Å². The molecule has 0 aliphatic heterocycles. The molecule has 0 spiro atoms. The number of esters is 1. The first kappa shape index (κ1) is 15.0. The van der Waals surface area contributed by atoms with Crippen molar-refractivity contribution in [3.63, 3.8) is 0 Å². The normalized spacial score (nSPS) is 12.4. The van der Waals surface area contributed by atoms with Crippen LogP contribution in [0.15, 0.2) is 30.3 Å². The monoisotopic (exact) mass is 286 g/mol. The Morgan fingerprint density at radius 2 is 1.86 bits per heavy atom. The highest BCUT2D eigenvalue weighted by atomic mass is 16.5. The predicted octanol–water partition coefficient (Wildman–Crippen LogP) is 2.39. The Morgan fingerprint density at radius 3 is 2.48 bits per heavy atom. The Morgan fingerprint density at radius 1 is 1.19 bits per heavy atom. The fourth-order valence-corrected chi connectivity index (χ4v) is 1.94. The number of carbonyl (C=O) groups excluding carboxylic acids is 2. The van der Waals surface area contributed by atoms with E-state index in [9.17, 15) is 9.59 Å². The van der Waals surface area contributed by atoms with Gasteiger partial charge in [-0.1, -0.05) is 32.0 Å². The van der Waals surface area contributed by atoms with Crippen molar-refractivity contribution in [2.24, 2.45) is 5.73 Å². The molecule has 0 aliphatic rings. The average molecular weight is 286 g/mol. The van der Waals surface area contributed by atoms with E-state index in [-0.39, 0.29) is 5.92 Å². The van der Waals surface area contributed by atoms with Crippen LogP contribution in [0.25, 0.3) is 10.9 Å². The van der Waals surface area contributed by atoms with Crippen LogP contribution in [0.1, 0.15) is 42.7 Å². The standard InChI is InChI=1S/C16H18N2O3/c1-9(2)14-8-12(16(20)21-10(3)15(17)19)11-6-4-5-7-13(11)18-14/h4-10H,1-3H3,(H2,17,19)/t10-/m1/s1. The van der Waals surface area contributed by atoms with Gasteiger partial charge in [-0.15, -0.1) is 0 Å². The van der Waals surface area contributed by atoms with Gasteiger partial charge in [0.05, 0.1) is 11.1 Å². The molecule has 0 saturated heterocycles. The molecule has 1 heterocycles. The lowest BCUT2D eigenvalue weighted by molar-refractivity contribution is -0.125. The topological polar surface area (TPSA) is 82.3 Å². The van der Waals surface area contributed by atoms with Gasteiger partial charge in [0, 0.05) is 11.1 Å². The molecule has 1 amide bonds. The van der Waals surface area contributed by atoms with E-state index in [1.807, 2.05) is 32.0 Å². The van der Waals surface area contributed by atoms with E-state index >= 15 is 0 Å². The highest BCUT2D eigenvalue weighted by molar-refractivity contribution is 6.04. The van der Waals surface area contributed by atoms with E-state index in [0.717, 1.165) is 11.2 Å². The maximum Gasteiger partial charge on any atom is 0.339 e. The zero-order valence-corrected chi connectivity index (χ0v) is 12.3. The molecule has 2 aromatic rings. The summed E-state index contributed by atoms with van der Waals surface area (Å²) in [7, 11) is 0. The summed E-state index contributed by atoms with van der Waals surface area (Å²) in [6, 6.07) is 9.05. The first-order valence-corrected chi connectivity index (χ1v) is 6.80. The lowest BCUT2D eigenvalue weighted by Crippen LogP contribution is -2.30. The van der Waals surface area contributed by atoms with E-state index in [0.29, 0.717) is 10.9 Å². The number of primary amides is 1. The second-order valence-corrected chi connectivity index (χ2v) is 5.22. The summed E-state index contributed by atoms with van der Waals surface area (Å²) in [6.07, 6.45) is -0.966. The number of pyridine rings is 1. The van der Waals surface area contributed by atoms with Crippen molar-refractivity contribution in [2.45, 2.75) is 32.8 Å². The van der Waals surface area contributed by atoms with Crippen LogP contribution in [0.5, 0.6) is 0 Å². The van der Waals surface area contributed by atoms with Crippen molar-refractivity contribution in [3.05, 3.63) is 41.6 Å². The second-order valence-electron chi connectivity index (χ2n) is 5.22. The van der Waals surface area contributed by atoms with Crippen molar-refractivity contribution in [3.8, 4) is 0 Å². The van der Waals surface area contributed by atoms with E-state index in [4.69, 9.17) is 10.5 Å². The van der Waals surface area contributed by atoms with Gasteiger partial charge in [0.15, 0.2) is 6.10 Å². The molecular weight excluding hydrogens is 268 g/mol. The van der Waals surface area contributed by atoms with Gasteiger partial charge in [0.25, 0.3) is 5.91 Å². The Hall–Kier alpha value is -2.43. The predicted molar refractivity (Wildman–Crippen MR) is 79.9 cm³/mol. The smallest absolute Gasteiger partial charge is 0.339 e. The molecule has 2 rings (SSSR count). The molecule has 0 aliphatic carbocycles. The van der Waals surface area contributed by atoms with Gasteiger partial charge in [-0.2, -0.15) is 0 Å². The number of amides is 1. The third-order valence-electron chi connectivity index (χ3n) is 3.23. The number of para-hydroxylation sites is 1. The Bertz CT molecular complexity index is 695. The summed E-state index contributed by atoms with van der Waals surface area (Å²) in [5, 5.41) is 0.698. The SMILES string of the molecule is CC(C)c1cc(C(=O)O[C@H](C)C(N)=O)c2ccccc2n1. The van der Waals surface area contributed by atoms with E-state index < -0.39 is 18.0 Å². The van der Waals surface area contributed by atoms with Crippen molar-refractivity contribution in [1.82, 2.24) is 4.98 Å². The number of aromatic nitrogens is 1. The van der Waals surface area contributed by atoms with Crippen LogP contribution in [0, 0.1) is 0 Å².